The number of carboxylic acids is 1. The third-order valence-electron chi connectivity index (χ3n) is 3.13. The maximum absolute atomic E-state index is 11.8. The smallest absolute Gasteiger partial charge is 0.408 e. The Bertz CT molecular complexity index is 511. The zero-order valence-corrected chi connectivity index (χ0v) is 14.2. The van der Waals surface area contributed by atoms with Crippen LogP contribution in [0.1, 0.15) is 33.3 Å². The van der Waals surface area contributed by atoms with Gasteiger partial charge in [0.25, 0.3) is 0 Å². The number of carbonyl (C=O) groups excluding carboxylic acids is 1. The number of carboxylic acid groups (broad SMARTS) is 1. The molecule has 0 aromatic heterocycles. The number of carbonyl (C=O) groups is 2. The van der Waals surface area contributed by atoms with E-state index in [4.69, 9.17) is 4.74 Å². The Hall–Kier alpha value is -2.08. The lowest BCUT2D eigenvalue weighted by molar-refractivity contribution is -0.140. The van der Waals surface area contributed by atoms with Gasteiger partial charge in [0.15, 0.2) is 0 Å². The average Bonchev–Trinajstić information content (AvgIpc) is 2.44. The van der Waals surface area contributed by atoms with Crippen LogP contribution < -0.4 is 5.32 Å². The van der Waals surface area contributed by atoms with Crippen LogP contribution in [0.3, 0.4) is 0 Å². The number of likely N-dealkylation sites (N-methyl/N-ethyl adjacent to an activating group) is 1. The molecule has 0 aliphatic heterocycles. The molecule has 0 bridgehead atoms. The highest BCUT2D eigenvalue weighted by molar-refractivity contribution is 5.80. The Labute approximate surface area is 137 Å². The van der Waals surface area contributed by atoms with Gasteiger partial charge < -0.3 is 15.2 Å². The van der Waals surface area contributed by atoms with Gasteiger partial charge in [-0.2, -0.15) is 0 Å². The minimum atomic E-state index is -1.08. The predicted octanol–water partition coefficient (Wildman–Crippen LogP) is 2.49. The monoisotopic (exact) mass is 322 g/mol. The Balaban J connectivity index is 2.66. The van der Waals surface area contributed by atoms with E-state index in [9.17, 15) is 14.7 Å². The Morgan fingerprint density at radius 3 is 2.35 bits per heavy atom. The molecule has 0 saturated heterocycles. The second-order valence-electron chi connectivity index (χ2n) is 6.35. The molecule has 1 amide bonds. The molecule has 6 nitrogen and oxygen atoms in total. The summed E-state index contributed by atoms with van der Waals surface area (Å²) in [7, 11) is 0. The molecule has 1 rings (SSSR count). The van der Waals surface area contributed by atoms with Crippen LogP contribution in [0, 0.1) is 0 Å². The van der Waals surface area contributed by atoms with Gasteiger partial charge >= 0.3 is 12.1 Å². The molecular weight excluding hydrogens is 296 g/mol. The van der Waals surface area contributed by atoms with Crippen molar-refractivity contribution in [3.05, 3.63) is 35.9 Å². The lowest BCUT2D eigenvalue weighted by atomic mass is 10.2. The van der Waals surface area contributed by atoms with Gasteiger partial charge in [-0.15, -0.1) is 0 Å². The third kappa shape index (κ3) is 7.65. The van der Waals surface area contributed by atoms with E-state index >= 15 is 0 Å². The number of ether oxygens (including phenoxy) is 1. The summed E-state index contributed by atoms with van der Waals surface area (Å²) in [5.74, 6) is -1.08. The molecule has 0 saturated carbocycles. The van der Waals surface area contributed by atoms with Gasteiger partial charge in [-0.1, -0.05) is 37.3 Å². The van der Waals surface area contributed by atoms with Crippen LogP contribution in [0.15, 0.2) is 30.3 Å². The fourth-order valence-electron chi connectivity index (χ4n) is 2.04. The summed E-state index contributed by atoms with van der Waals surface area (Å²) in [5.41, 5.74) is 0.428. The summed E-state index contributed by atoms with van der Waals surface area (Å²) < 4.78 is 5.12. The van der Waals surface area contributed by atoms with Gasteiger partial charge in [-0.25, -0.2) is 9.59 Å². The maximum atomic E-state index is 11.8. The van der Waals surface area contributed by atoms with Crippen molar-refractivity contribution in [3.8, 4) is 0 Å². The zero-order chi connectivity index (χ0) is 17.5. The van der Waals surface area contributed by atoms with E-state index in [2.05, 4.69) is 5.32 Å². The quantitative estimate of drug-likeness (QED) is 0.806. The SMILES string of the molecule is CCN(Cc1ccccc1)CC(NC(=O)OC(C)(C)C)C(=O)O. The van der Waals surface area contributed by atoms with Crippen molar-refractivity contribution in [2.45, 2.75) is 45.9 Å². The van der Waals surface area contributed by atoms with Crippen LogP contribution in [-0.2, 0) is 16.1 Å². The largest absolute Gasteiger partial charge is 0.480 e. The molecule has 6 heteroatoms. The van der Waals surface area contributed by atoms with Crippen LogP contribution in [0.2, 0.25) is 0 Å². The molecule has 0 spiro atoms. The van der Waals surface area contributed by atoms with Gasteiger partial charge in [0, 0.05) is 13.1 Å². The van der Waals surface area contributed by atoms with Gasteiger partial charge in [-0.05, 0) is 32.9 Å². The number of aliphatic carboxylic acids is 1. The van der Waals surface area contributed by atoms with Crippen LogP contribution >= 0.6 is 0 Å². The van der Waals surface area contributed by atoms with Gasteiger partial charge in [-0.3, -0.25) is 4.90 Å². The predicted molar refractivity (Wildman–Crippen MR) is 88.2 cm³/mol. The van der Waals surface area contributed by atoms with Gasteiger partial charge in [0.1, 0.15) is 11.6 Å². The zero-order valence-electron chi connectivity index (χ0n) is 14.2. The summed E-state index contributed by atoms with van der Waals surface area (Å²) in [6.45, 7) is 8.66. The topological polar surface area (TPSA) is 78.9 Å². The second kappa shape index (κ2) is 8.53. The first kappa shape index (κ1) is 19.0. The normalized spacial score (nSPS) is 12.7. The molecule has 1 aromatic carbocycles. The molecule has 2 N–H and O–H groups in total. The first-order valence-corrected chi connectivity index (χ1v) is 7.70. The van der Waals surface area contributed by atoms with Crippen molar-refractivity contribution in [1.29, 1.82) is 0 Å². The Morgan fingerprint density at radius 1 is 1.26 bits per heavy atom. The number of nitrogens with one attached hydrogen (secondary N) is 1. The molecule has 1 unspecified atom stereocenters. The highest BCUT2D eigenvalue weighted by atomic mass is 16.6. The molecule has 0 aliphatic rings. The van der Waals surface area contributed by atoms with E-state index in [-0.39, 0.29) is 6.54 Å². The summed E-state index contributed by atoms with van der Waals surface area (Å²) >= 11 is 0. The minimum Gasteiger partial charge on any atom is -0.480 e. The number of amides is 1. The van der Waals surface area contributed by atoms with E-state index in [1.165, 1.54) is 0 Å². The highest BCUT2D eigenvalue weighted by Gasteiger charge is 2.25. The molecule has 0 radical (unpaired) electrons. The number of nitrogens with zero attached hydrogens (tertiary/aromatic N) is 1. The molecule has 0 aliphatic carbocycles. The lowest BCUT2D eigenvalue weighted by Gasteiger charge is -2.26. The van der Waals surface area contributed by atoms with E-state index in [1.807, 2.05) is 42.2 Å². The molecule has 23 heavy (non-hydrogen) atoms. The number of benzene rings is 1. The van der Waals surface area contributed by atoms with E-state index in [0.29, 0.717) is 13.1 Å². The molecular formula is C17H26N2O4. The maximum Gasteiger partial charge on any atom is 0.408 e. The number of hydrogen-bond acceptors (Lipinski definition) is 4. The van der Waals surface area contributed by atoms with Gasteiger partial charge in [0.05, 0.1) is 0 Å². The van der Waals surface area contributed by atoms with Crippen LogP contribution in [0.25, 0.3) is 0 Å². The van der Waals surface area contributed by atoms with Crippen molar-refractivity contribution in [1.82, 2.24) is 10.2 Å². The first-order valence-electron chi connectivity index (χ1n) is 7.70. The Kier molecular flexibility index (Phi) is 7.03. The molecule has 128 valence electrons. The van der Waals surface area contributed by atoms with Crippen molar-refractivity contribution in [2.75, 3.05) is 13.1 Å². The fourth-order valence-corrected chi connectivity index (χ4v) is 2.04. The average molecular weight is 322 g/mol. The Morgan fingerprint density at radius 2 is 1.87 bits per heavy atom. The summed E-state index contributed by atoms with van der Waals surface area (Å²) in [6.07, 6.45) is -0.722. The summed E-state index contributed by atoms with van der Waals surface area (Å²) in [6, 6.07) is 8.77. The molecule has 0 heterocycles. The number of alkyl carbamates (subject to hydrolysis) is 1. The van der Waals surface area contributed by atoms with Crippen molar-refractivity contribution in [3.63, 3.8) is 0 Å². The fraction of sp³-hybridized carbons (Fsp3) is 0.529. The van der Waals surface area contributed by atoms with Crippen LogP contribution in [-0.4, -0.2) is 46.8 Å². The third-order valence-corrected chi connectivity index (χ3v) is 3.13. The lowest BCUT2D eigenvalue weighted by Crippen LogP contribution is -2.49. The summed E-state index contributed by atoms with van der Waals surface area (Å²) in [5, 5.41) is 11.8. The van der Waals surface area contributed by atoms with E-state index < -0.39 is 23.7 Å². The number of rotatable bonds is 7. The second-order valence-corrected chi connectivity index (χ2v) is 6.35. The summed E-state index contributed by atoms with van der Waals surface area (Å²) in [4.78, 5) is 25.2. The first-order chi connectivity index (χ1) is 10.7. The van der Waals surface area contributed by atoms with Crippen molar-refractivity contribution < 1.29 is 19.4 Å². The standard InChI is InChI=1S/C17H26N2O4/c1-5-19(11-13-9-7-6-8-10-13)12-14(15(20)21)18-16(22)23-17(2,3)4/h6-10,14H,5,11-12H2,1-4H3,(H,18,22)(H,20,21). The molecule has 0 fully saturated rings. The van der Waals surface area contributed by atoms with Crippen LogP contribution in [0.5, 0.6) is 0 Å². The van der Waals surface area contributed by atoms with Crippen LogP contribution in [0.4, 0.5) is 4.79 Å². The minimum absolute atomic E-state index is 0.208. The van der Waals surface area contributed by atoms with E-state index in [0.717, 1.165) is 5.56 Å². The van der Waals surface area contributed by atoms with E-state index in [1.54, 1.807) is 20.8 Å². The van der Waals surface area contributed by atoms with Crippen molar-refractivity contribution >= 4 is 12.1 Å². The number of hydrogen-bond donors (Lipinski definition) is 2. The van der Waals surface area contributed by atoms with Gasteiger partial charge in [0.2, 0.25) is 0 Å². The van der Waals surface area contributed by atoms with Crippen molar-refractivity contribution in [2.24, 2.45) is 0 Å². The highest BCUT2D eigenvalue weighted by Crippen LogP contribution is 2.08. The molecule has 1 aromatic rings. The molecule has 1 atom stereocenters.